The summed E-state index contributed by atoms with van der Waals surface area (Å²) in [5, 5.41) is 2.97. The highest BCUT2D eigenvalue weighted by Gasteiger charge is 2.29. The Morgan fingerprint density at radius 3 is 2.95 bits per heavy atom. The molecule has 0 spiro atoms. The Labute approximate surface area is 132 Å². The molecule has 0 radical (unpaired) electrons. The Hall–Kier alpha value is -1.75. The smallest absolute Gasteiger partial charge is 0.241 e. The zero-order chi connectivity index (χ0) is 16.1. The topological polar surface area (TPSA) is 67.6 Å². The van der Waals surface area contributed by atoms with E-state index in [0.717, 1.165) is 13.0 Å². The molecular weight excluding hydrogens is 278 g/mol. The molecule has 1 saturated heterocycles. The molecule has 1 aliphatic heterocycles. The third-order valence-corrected chi connectivity index (χ3v) is 4.50. The number of methoxy groups -OCH3 is 1. The Morgan fingerprint density at radius 1 is 1.50 bits per heavy atom. The van der Waals surface area contributed by atoms with Crippen LogP contribution in [0.5, 0.6) is 5.75 Å². The van der Waals surface area contributed by atoms with Crippen molar-refractivity contribution in [1.82, 2.24) is 4.90 Å². The summed E-state index contributed by atoms with van der Waals surface area (Å²) in [4.78, 5) is 14.9. The number of likely N-dealkylation sites (tertiary alicyclic amines) is 1. The zero-order valence-electron chi connectivity index (χ0n) is 13.8. The molecule has 2 rings (SSSR count). The van der Waals surface area contributed by atoms with Gasteiger partial charge in [-0.05, 0) is 44.9 Å². The summed E-state index contributed by atoms with van der Waals surface area (Å²) in [5.41, 5.74) is 7.03. The lowest BCUT2D eigenvalue weighted by Crippen LogP contribution is -2.49. The van der Waals surface area contributed by atoms with Crippen LogP contribution in [-0.4, -0.2) is 36.5 Å². The summed E-state index contributed by atoms with van der Waals surface area (Å²) in [7, 11) is 1.58. The van der Waals surface area contributed by atoms with Crippen molar-refractivity contribution in [3.63, 3.8) is 0 Å². The monoisotopic (exact) mass is 305 g/mol. The number of anilines is 2. The average Bonchev–Trinajstić information content (AvgIpc) is 2.55. The fourth-order valence-electron chi connectivity index (χ4n) is 3.17. The predicted molar refractivity (Wildman–Crippen MR) is 90.1 cm³/mol. The molecule has 1 aliphatic rings. The third-order valence-electron chi connectivity index (χ3n) is 4.50. The maximum absolute atomic E-state index is 12.6. The van der Waals surface area contributed by atoms with Crippen LogP contribution in [0.15, 0.2) is 18.2 Å². The van der Waals surface area contributed by atoms with Crippen LogP contribution in [0.25, 0.3) is 0 Å². The molecule has 22 heavy (non-hydrogen) atoms. The van der Waals surface area contributed by atoms with Crippen LogP contribution in [0.3, 0.4) is 0 Å². The fourth-order valence-corrected chi connectivity index (χ4v) is 3.17. The number of piperidine rings is 1. The van der Waals surface area contributed by atoms with Gasteiger partial charge in [0.25, 0.3) is 0 Å². The summed E-state index contributed by atoms with van der Waals surface area (Å²) >= 11 is 0. The summed E-state index contributed by atoms with van der Waals surface area (Å²) in [5.74, 6) is 0.592. The zero-order valence-corrected chi connectivity index (χ0v) is 13.8. The van der Waals surface area contributed by atoms with Crippen molar-refractivity contribution in [3.05, 3.63) is 18.2 Å². The van der Waals surface area contributed by atoms with E-state index >= 15 is 0 Å². The van der Waals surface area contributed by atoms with Crippen LogP contribution in [0.1, 0.15) is 39.5 Å². The van der Waals surface area contributed by atoms with Crippen LogP contribution in [-0.2, 0) is 4.79 Å². The van der Waals surface area contributed by atoms with Gasteiger partial charge in [-0.1, -0.05) is 13.3 Å². The van der Waals surface area contributed by atoms with Crippen molar-refractivity contribution in [2.24, 2.45) is 0 Å². The van der Waals surface area contributed by atoms with E-state index in [1.54, 1.807) is 25.3 Å². The molecule has 1 amide bonds. The van der Waals surface area contributed by atoms with E-state index in [2.05, 4.69) is 17.1 Å². The lowest BCUT2D eigenvalue weighted by Gasteiger charge is -2.38. The van der Waals surface area contributed by atoms with Crippen molar-refractivity contribution < 1.29 is 9.53 Å². The van der Waals surface area contributed by atoms with Gasteiger partial charge in [-0.25, -0.2) is 0 Å². The van der Waals surface area contributed by atoms with E-state index in [0.29, 0.717) is 23.2 Å². The number of hydrogen-bond acceptors (Lipinski definition) is 4. The lowest BCUT2D eigenvalue weighted by molar-refractivity contribution is -0.122. The molecule has 1 aromatic carbocycles. The molecule has 5 nitrogen and oxygen atoms in total. The SMILES string of the molecule is CCC1CCCCN1C(C)C(=O)Nc1ccc(N)cc1OC. The van der Waals surface area contributed by atoms with Gasteiger partial charge in [-0.2, -0.15) is 0 Å². The number of amides is 1. The summed E-state index contributed by atoms with van der Waals surface area (Å²) < 4.78 is 5.29. The standard InChI is InChI=1S/C17H27N3O2/c1-4-14-7-5-6-10-20(14)12(2)17(21)19-15-9-8-13(18)11-16(15)22-3/h8-9,11-12,14H,4-7,10,18H2,1-3H3,(H,19,21). The molecule has 0 aromatic heterocycles. The Morgan fingerprint density at radius 2 is 2.27 bits per heavy atom. The van der Waals surface area contributed by atoms with E-state index in [-0.39, 0.29) is 11.9 Å². The number of hydrogen-bond donors (Lipinski definition) is 2. The Balaban J connectivity index is 2.08. The quantitative estimate of drug-likeness (QED) is 0.821. The van der Waals surface area contributed by atoms with Crippen molar-refractivity contribution in [3.8, 4) is 5.75 Å². The fraction of sp³-hybridized carbons (Fsp3) is 0.588. The van der Waals surface area contributed by atoms with Crippen molar-refractivity contribution in [2.75, 3.05) is 24.7 Å². The summed E-state index contributed by atoms with van der Waals surface area (Å²) in [6.45, 7) is 5.16. The molecule has 0 bridgehead atoms. The molecule has 122 valence electrons. The van der Waals surface area contributed by atoms with Gasteiger partial charge in [0.05, 0.1) is 18.8 Å². The number of nitrogens with zero attached hydrogens (tertiary/aromatic N) is 1. The maximum atomic E-state index is 12.6. The molecule has 1 fully saturated rings. The minimum atomic E-state index is -0.146. The molecule has 5 heteroatoms. The second kappa shape index (κ2) is 7.49. The molecule has 2 unspecified atom stereocenters. The number of benzene rings is 1. The second-order valence-electron chi connectivity index (χ2n) is 5.92. The number of nitrogens with one attached hydrogen (secondary N) is 1. The molecule has 1 aromatic rings. The number of nitrogens with two attached hydrogens (primary N) is 1. The van der Waals surface area contributed by atoms with Gasteiger partial charge >= 0.3 is 0 Å². The predicted octanol–water partition coefficient (Wildman–Crippen LogP) is 2.87. The Bertz CT molecular complexity index is 519. The van der Waals surface area contributed by atoms with Crippen molar-refractivity contribution >= 4 is 17.3 Å². The largest absolute Gasteiger partial charge is 0.494 e. The molecule has 1 heterocycles. The van der Waals surface area contributed by atoms with Crippen LogP contribution < -0.4 is 15.8 Å². The molecule has 0 aliphatic carbocycles. The van der Waals surface area contributed by atoms with E-state index in [4.69, 9.17) is 10.5 Å². The number of ether oxygens (including phenoxy) is 1. The van der Waals surface area contributed by atoms with E-state index in [1.807, 2.05) is 6.92 Å². The highest BCUT2D eigenvalue weighted by molar-refractivity contribution is 5.96. The van der Waals surface area contributed by atoms with Gasteiger partial charge in [0.2, 0.25) is 5.91 Å². The van der Waals surface area contributed by atoms with Gasteiger partial charge in [0, 0.05) is 17.8 Å². The molecule has 2 atom stereocenters. The first-order chi connectivity index (χ1) is 10.6. The van der Waals surface area contributed by atoms with Gasteiger partial charge in [0.1, 0.15) is 5.75 Å². The third kappa shape index (κ3) is 3.71. The Kier molecular flexibility index (Phi) is 5.66. The van der Waals surface area contributed by atoms with Crippen LogP contribution in [0, 0.1) is 0 Å². The van der Waals surface area contributed by atoms with E-state index < -0.39 is 0 Å². The summed E-state index contributed by atoms with van der Waals surface area (Å²) in [6.07, 6.45) is 4.69. The highest BCUT2D eigenvalue weighted by atomic mass is 16.5. The second-order valence-corrected chi connectivity index (χ2v) is 5.92. The minimum absolute atomic E-state index is 0.00317. The van der Waals surface area contributed by atoms with Crippen LogP contribution >= 0.6 is 0 Å². The summed E-state index contributed by atoms with van der Waals surface area (Å²) in [6, 6.07) is 5.62. The first-order valence-electron chi connectivity index (χ1n) is 8.07. The average molecular weight is 305 g/mol. The van der Waals surface area contributed by atoms with Crippen molar-refractivity contribution in [2.45, 2.75) is 51.6 Å². The van der Waals surface area contributed by atoms with E-state index in [9.17, 15) is 4.79 Å². The number of carbonyl (C=O) groups excluding carboxylic acids is 1. The van der Waals surface area contributed by atoms with Crippen LogP contribution in [0.2, 0.25) is 0 Å². The highest BCUT2D eigenvalue weighted by Crippen LogP contribution is 2.28. The lowest BCUT2D eigenvalue weighted by atomic mass is 9.98. The first-order valence-corrected chi connectivity index (χ1v) is 8.07. The first kappa shape index (κ1) is 16.6. The van der Waals surface area contributed by atoms with Gasteiger partial charge in [-0.3, -0.25) is 9.69 Å². The minimum Gasteiger partial charge on any atom is -0.494 e. The van der Waals surface area contributed by atoms with Crippen molar-refractivity contribution in [1.29, 1.82) is 0 Å². The normalized spacial score (nSPS) is 20.4. The van der Waals surface area contributed by atoms with Gasteiger partial charge < -0.3 is 15.8 Å². The molecule has 3 N–H and O–H groups in total. The van der Waals surface area contributed by atoms with E-state index in [1.165, 1.54) is 19.3 Å². The number of carbonyl (C=O) groups is 1. The maximum Gasteiger partial charge on any atom is 0.241 e. The molecule has 0 saturated carbocycles. The van der Waals surface area contributed by atoms with Crippen LogP contribution in [0.4, 0.5) is 11.4 Å². The number of nitrogen functional groups attached to an aromatic ring is 1. The number of rotatable bonds is 5. The van der Waals surface area contributed by atoms with Gasteiger partial charge in [0.15, 0.2) is 0 Å². The van der Waals surface area contributed by atoms with Gasteiger partial charge in [-0.15, -0.1) is 0 Å². The molecular formula is C17H27N3O2.